The van der Waals surface area contributed by atoms with E-state index in [0.717, 1.165) is 16.5 Å². The number of ether oxygens (including phenoxy) is 2. The highest BCUT2D eigenvalue weighted by Crippen LogP contribution is 2.46. The van der Waals surface area contributed by atoms with Crippen LogP contribution in [-0.2, 0) is 4.79 Å². The molecule has 174 valence electrons. The number of anilines is 1. The van der Waals surface area contributed by atoms with Gasteiger partial charge < -0.3 is 26.3 Å². The summed E-state index contributed by atoms with van der Waals surface area (Å²) in [5, 5.41) is 4.85. The van der Waals surface area contributed by atoms with Crippen LogP contribution in [-0.4, -0.2) is 42.2 Å². The van der Waals surface area contributed by atoms with Gasteiger partial charge in [-0.3, -0.25) is 4.79 Å². The van der Waals surface area contributed by atoms with Gasteiger partial charge in [0, 0.05) is 41.2 Å². The first-order valence-corrected chi connectivity index (χ1v) is 11.3. The summed E-state index contributed by atoms with van der Waals surface area (Å²) in [5.74, 6) is 0.871. The molecule has 2 aromatic carbocycles. The van der Waals surface area contributed by atoms with E-state index in [9.17, 15) is 4.79 Å². The van der Waals surface area contributed by atoms with Crippen molar-refractivity contribution in [1.82, 2.24) is 9.97 Å². The molecule has 10 heteroatoms. The fourth-order valence-corrected chi connectivity index (χ4v) is 4.90. The molecule has 1 heterocycles. The van der Waals surface area contributed by atoms with Crippen LogP contribution < -0.4 is 26.3 Å². The zero-order valence-electron chi connectivity index (χ0n) is 18.3. The molecular weight excluding hydrogens is 465 g/mol. The van der Waals surface area contributed by atoms with Crippen LogP contribution in [0.15, 0.2) is 30.5 Å². The monoisotopic (exact) mass is 489 g/mol. The molecule has 8 nitrogen and oxygen atoms in total. The number of amides is 1. The predicted molar refractivity (Wildman–Crippen MR) is 130 cm³/mol. The fourth-order valence-electron chi connectivity index (χ4n) is 4.18. The van der Waals surface area contributed by atoms with Gasteiger partial charge in [0.25, 0.3) is 0 Å². The van der Waals surface area contributed by atoms with E-state index >= 15 is 0 Å². The van der Waals surface area contributed by atoms with Gasteiger partial charge >= 0.3 is 0 Å². The van der Waals surface area contributed by atoms with E-state index in [1.165, 1.54) is 14.2 Å². The maximum Gasteiger partial charge on any atom is 0.223 e. The molecule has 3 atom stereocenters. The predicted octanol–water partition coefficient (Wildman–Crippen LogP) is 4.01. The number of hydrogen-bond donors (Lipinski definition) is 3. The van der Waals surface area contributed by atoms with Crippen LogP contribution in [0.2, 0.25) is 10.0 Å². The highest BCUT2D eigenvalue weighted by Gasteiger charge is 2.31. The molecule has 1 saturated carbocycles. The molecule has 0 radical (unpaired) electrons. The van der Waals surface area contributed by atoms with Crippen LogP contribution in [0.3, 0.4) is 0 Å². The van der Waals surface area contributed by atoms with E-state index in [-0.39, 0.29) is 23.9 Å². The first kappa shape index (κ1) is 23.4. The number of nitrogens with two attached hydrogens (primary N) is 2. The van der Waals surface area contributed by atoms with Crippen LogP contribution in [0.4, 0.5) is 5.95 Å². The molecule has 0 saturated heterocycles. The molecule has 5 N–H and O–H groups in total. The molecule has 0 spiro atoms. The van der Waals surface area contributed by atoms with Crippen molar-refractivity contribution in [3.05, 3.63) is 40.5 Å². The van der Waals surface area contributed by atoms with Crippen molar-refractivity contribution in [3.63, 3.8) is 0 Å². The first-order valence-electron chi connectivity index (χ1n) is 10.5. The summed E-state index contributed by atoms with van der Waals surface area (Å²) in [6.45, 7) is 0. The summed E-state index contributed by atoms with van der Waals surface area (Å²) < 4.78 is 10.7. The van der Waals surface area contributed by atoms with Crippen molar-refractivity contribution in [2.24, 2.45) is 17.4 Å². The van der Waals surface area contributed by atoms with Crippen molar-refractivity contribution in [3.8, 4) is 22.6 Å². The van der Waals surface area contributed by atoms with Crippen molar-refractivity contribution in [2.75, 3.05) is 19.5 Å². The summed E-state index contributed by atoms with van der Waals surface area (Å²) >= 11 is 13.1. The van der Waals surface area contributed by atoms with Gasteiger partial charge in [-0.2, -0.15) is 0 Å². The molecule has 1 aliphatic rings. The van der Waals surface area contributed by atoms with Gasteiger partial charge in [0.1, 0.15) is 11.5 Å². The van der Waals surface area contributed by atoms with Crippen molar-refractivity contribution in [1.29, 1.82) is 0 Å². The molecule has 0 aliphatic heterocycles. The maximum atomic E-state index is 11.6. The third-order valence-electron chi connectivity index (χ3n) is 6.06. The third kappa shape index (κ3) is 4.64. The molecule has 1 aliphatic carbocycles. The zero-order valence-corrected chi connectivity index (χ0v) is 19.8. The van der Waals surface area contributed by atoms with Crippen molar-refractivity contribution >= 4 is 46.0 Å². The number of nitrogens with zero attached hydrogens (tertiary/aromatic N) is 2. The molecule has 1 fully saturated rings. The number of methoxy groups -OCH3 is 2. The summed E-state index contributed by atoms with van der Waals surface area (Å²) in [6, 6.07) is 7.06. The largest absolute Gasteiger partial charge is 0.495 e. The lowest BCUT2D eigenvalue weighted by Crippen LogP contribution is -2.47. The Morgan fingerprint density at radius 1 is 1.12 bits per heavy atom. The van der Waals surface area contributed by atoms with E-state index in [4.69, 9.17) is 44.1 Å². The Bertz CT molecular complexity index is 1180. The average Bonchev–Trinajstić information content (AvgIpc) is 2.80. The molecule has 3 unspecified atom stereocenters. The molecule has 0 bridgehead atoms. The van der Waals surface area contributed by atoms with Crippen LogP contribution in [0.5, 0.6) is 11.5 Å². The summed E-state index contributed by atoms with van der Waals surface area (Å²) in [6.07, 6.45) is 3.70. The molecule has 1 aromatic heterocycles. The van der Waals surface area contributed by atoms with Gasteiger partial charge in [0.05, 0.1) is 29.8 Å². The number of carbonyl (C=O) groups excluding carboxylic acids is 1. The SMILES string of the molecule is COc1cc(OC)c(Cl)c(-c2ccc3nc(NC4CC(C(N)=O)CCC4N)ncc3c2)c1Cl. The Kier molecular flexibility index (Phi) is 6.78. The second-order valence-electron chi connectivity index (χ2n) is 8.08. The standard InChI is InChI=1S/C23H25Cl2N5O3/c1-32-17-9-18(33-2)21(25)19(20(17)24)11-4-6-15-13(7-11)10-28-23(29-15)30-16-8-12(22(27)31)3-5-14(16)26/h4,6-7,9-10,12,14,16H,3,5,8,26H2,1-2H3,(H2,27,31)(H,28,29,30). The number of hydrogen-bond acceptors (Lipinski definition) is 7. The van der Waals surface area contributed by atoms with Gasteiger partial charge in [-0.25, -0.2) is 9.97 Å². The van der Waals surface area contributed by atoms with Crippen molar-refractivity contribution < 1.29 is 14.3 Å². The Morgan fingerprint density at radius 3 is 2.45 bits per heavy atom. The Morgan fingerprint density at radius 2 is 1.82 bits per heavy atom. The minimum Gasteiger partial charge on any atom is -0.495 e. The van der Waals surface area contributed by atoms with Gasteiger partial charge in [0.15, 0.2) is 0 Å². The molecular formula is C23H25Cl2N5O3. The minimum absolute atomic E-state index is 0.102. The number of rotatable bonds is 6. The minimum atomic E-state index is -0.299. The Hall–Kier alpha value is -2.81. The summed E-state index contributed by atoms with van der Waals surface area (Å²) in [7, 11) is 3.07. The highest BCUT2D eigenvalue weighted by atomic mass is 35.5. The lowest BCUT2D eigenvalue weighted by molar-refractivity contribution is -0.122. The summed E-state index contributed by atoms with van der Waals surface area (Å²) in [4.78, 5) is 20.7. The van der Waals surface area contributed by atoms with Gasteiger partial charge in [-0.1, -0.05) is 29.3 Å². The molecule has 3 aromatic rings. The number of halogens is 2. The van der Waals surface area contributed by atoms with Crippen LogP contribution in [0.25, 0.3) is 22.0 Å². The third-order valence-corrected chi connectivity index (χ3v) is 6.81. The normalized spacial score (nSPS) is 20.5. The maximum absolute atomic E-state index is 11.6. The number of aromatic nitrogens is 2. The average molecular weight is 490 g/mol. The number of nitrogens with one attached hydrogen (secondary N) is 1. The molecule has 4 rings (SSSR count). The topological polar surface area (TPSA) is 125 Å². The number of benzene rings is 2. The molecule has 33 heavy (non-hydrogen) atoms. The van der Waals surface area contributed by atoms with E-state index < -0.39 is 0 Å². The first-order chi connectivity index (χ1) is 15.8. The lowest BCUT2D eigenvalue weighted by Gasteiger charge is -2.33. The Labute approximate surface area is 201 Å². The highest BCUT2D eigenvalue weighted by molar-refractivity contribution is 6.41. The summed E-state index contributed by atoms with van der Waals surface area (Å²) in [5.41, 5.74) is 13.8. The number of primary amides is 1. The zero-order chi connectivity index (χ0) is 23.7. The number of carbonyl (C=O) groups is 1. The van der Waals surface area contributed by atoms with Crippen LogP contribution >= 0.6 is 23.2 Å². The van der Waals surface area contributed by atoms with Gasteiger partial charge in [0.2, 0.25) is 11.9 Å². The van der Waals surface area contributed by atoms with E-state index in [0.29, 0.717) is 52.3 Å². The number of fused-ring (bicyclic) bond motifs is 1. The van der Waals surface area contributed by atoms with Gasteiger partial charge in [-0.05, 0) is 37.0 Å². The smallest absolute Gasteiger partial charge is 0.223 e. The van der Waals surface area contributed by atoms with E-state index in [1.54, 1.807) is 12.3 Å². The quantitative estimate of drug-likeness (QED) is 0.477. The van der Waals surface area contributed by atoms with E-state index in [2.05, 4.69) is 15.3 Å². The van der Waals surface area contributed by atoms with Gasteiger partial charge in [-0.15, -0.1) is 0 Å². The van der Waals surface area contributed by atoms with Crippen molar-refractivity contribution in [2.45, 2.75) is 31.3 Å². The molecule has 1 amide bonds. The lowest BCUT2D eigenvalue weighted by atomic mass is 9.82. The second kappa shape index (κ2) is 9.59. The fraction of sp³-hybridized carbons (Fsp3) is 0.348. The Balaban J connectivity index is 1.65. The van der Waals surface area contributed by atoms with Crippen LogP contribution in [0.1, 0.15) is 19.3 Å². The second-order valence-corrected chi connectivity index (χ2v) is 8.83. The van der Waals surface area contributed by atoms with Crippen LogP contribution in [0, 0.1) is 5.92 Å². The van der Waals surface area contributed by atoms with E-state index in [1.807, 2.05) is 18.2 Å².